The van der Waals surface area contributed by atoms with Crippen LogP contribution in [0.5, 0.6) is 5.75 Å². The molecule has 0 spiro atoms. The summed E-state index contributed by atoms with van der Waals surface area (Å²) in [6.45, 7) is 0. The smallest absolute Gasteiger partial charge is 0.211 e. The van der Waals surface area contributed by atoms with Crippen molar-refractivity contribution in [2.75, 3.05) is 7.11 Å². The molecule has 7 heteroatoms. The van der Waals surface area contributed by atoms with E-state index < -0.39 is 5.82 Å². The third-order valence-electron chi connectivity index (χ3n) is 1.65. The molecule has 0 bridgehead atoms. The summed E-state index contributed by atoms with van der Waals surface area (Å²) in [7, 11) is 1.38. The number of benzene rings is 1. The van der Waals surface area contributed by atoms with Crippen LogP contribution in [0.1, 0.15) is 5.56 Å². The number of nitrogens with zero attached hydrogens (tertiary/aromatic N) is 2. The first kappa shape index (κ1) is 12.7. The van der Waals surface area contributed by atoms with E-state index in [-0.39, 0.29) is 11.7 Å². The molecule has 0 aliphatic heterocycles. The largest absolute Gasteiger partial charge is 0.493 e. The van der Waals surface area contributed by atoms with Crippen LogP contribution in [0.3, 0.4) is 0 Å². The summed E-state index contributed by atoms with van der Waals surface area (Å²) >= 11 is 1.87. The molecule has 0 unspecified atom stereocenters. The predicted octanol–water partition coefficient (Wildman–Crippen LogP) is 1.05. The third-order valence-corrected chi connectivity index (χ3v) is 2.49. The molecule has 0 aromatic heterocycles. The van der Waals surface area contributed by atoms with Crippen LogP contribution in [0.15, 0.2) is 22.3 Å². The number of halogens is 2. The van der Waals surface area contributed by atoms with Gasteiger partial charge in [0, 0.05) is 5.56 Å². The van der Waals surface area contributed by atoms with E-state index >= 15 is 0 Å². The molecule has 1 aromatic rings. The van der Waals surface area contributed by atoms with E-state index in [1.54, 1.807) is 12.1 Å². The summed E-state index contributed by atoms with van der Waals surface area (Å²) in [6.07, 6.45) is 1.32. The Morgan fingerprint density at radius 2 is 2.19 bits per heavy atom. The summed E-state index contributed by atoms with van der Waals surface area (Å²) < 4.78 is 19.0. The number of hydrogen-bond acceptors (Lipinski definition) is 3. The second kappa shape index (κ2) is 5.64. The predicted molar refractivity (Wildman–Crippen MR) is 69.1 cm³/mol. The second-order valence-electron chi connectivity index (χ2n) is 2.75. The molecule has 5 nitrogen and oxygen atoms in total. The molecule has 1 aromatic carbocycles. The molecular weight excluding hydrogens is 326 g/mol. The lowest BCUT2D eigenvalue weighted by Crippen LogP contribution is -2.21. The van der Waals surface area contributed by atoms with Crippen molar-refractivity contribution in [2.24, 2.45) is 21.7 Å². The highest BCUT2D eigenvalue weighted by Gasteiger charge is 2.10. The molecule has 0 aliphatic carbocycles. The number of guanidine groups is 1. The Kier molecular flexibility index (Phi) is 4.47. The van der Waals surface area contributed by atoms with Crippen LogP contribution in [-0.4, -0.2) is 19.3 Å². The molecule has 0 saturated carbocycles. The van der Waals surface area contributed by atoms with Gasteiger partial charge in [-0.15, -0.1) is 5.10 Å². The van der Waals surface area contributed by atoms with Gasteiger partial charge in [-0.1, -0.05) is 0 Å². The van der Waals surface area contributed by atoms with E-state index in [1.165, 1.54) is 13.3 Å². The lowest BCUT2D eigenvalue weighted by Gasteiger charge is -2.06. The highest BCUT2D eigenvalue weighted by molar-refractivity contribution is 14.1. The van der Waals surface area contributed by atoms with Gasteiger partial charge in [0.25, 0.3) is 0 Å². The van der Waals surface area contributed by atoms with E-state index in [0.29, 0.717) is 9.13 Å². The van der Waals surface area contributed by atoms with Crippen molar-refractivity contribution in [3.05, 3.63) is 27.1 Å². The number of ether oxygens (including phenoxy) is 1. The standard InChI is InChI=1S/C9H10FIN4O/c1-16-8-5(4-14-15-9(12)13)2-3-6(11)7(8)10/h2-4H,1H3,(H4,12,13,15). The number of nitrogens with two attached hydrogens (primary N) is 2. The Labute approximate surface area is 106 Å². The van der Waals surface area contributed by atoms with Gasteiger partial charge in [0.1, 0.15) is 0 Å². The first-order valence-electron chi connectivity index (χ1n) is 4.20. The van der Waals surface area contributed by atoms with Gasteiger partial charge in [-0.05, 0) is 34.7 Å². The zero-order valence-corrected chi connectivity index (χ0v) is 10.6. The fraction of sp³-hybridized carbons (Fsp3) is 0.111. The maximum absolute atomic E-state index is 13.6. The highest BCUT2D eigenvalue weighted by Crippen LogP contribution is 2.25. The van der Waals surface area contributed by atoms with Crippen LogP contribution in [0.4, 0.5) is 4.39 Å². The van der Waals surface area contributed by atoms with E-state index in [9.17, 15) is 4.39 Å². The van der Waals surface area contributed by atoms with Gasteiger partial charge in [-0.3, -0.25) is 0 Å². The molecule has 0 amide bonds. The fourth-order valence-electron chi connectivity index (χ4n) is 1.01. The number of hydrogen-bond donors (Lipinski definition) is 2. The van der Waals surface area contributed by atoms with Crippen LogP contribution in [0.2, 0.25) is 0 Å². The first-order chi connectivity index (χ1) is 7.56. The molecule has 16 heavy (non-hydrogen) atoms. The zero-order valence-electron chi connectivity index (χ0n) is 8.45. The topological polar surface area (TPSA) is 86.0 Å². The van der Waals surface area contributed by atoms with Crippen LogP contribution in [0, 0.1) is 9.39 Å². The lowest BCUT2D eigenvalue weighted by molar-refractivity contribution is 0.384. The minimum absolute atomic E-state index is 0.112. The minimum atomic E-state index is -0.434. The Bertz CT molecular complexity index is 443. The maximum Gasteiger partial charge on any atom is 0.211 e. The van der Waals surface area contributed by atoms with Crippen molar-refractivity contribution in [1.82, 2.24) is 0 Å². The fourth-order valence-corrected chi connectivity index (χ4v) is 1.44. The molecule has 0 fully saturated rings. The molecule has 0 saturated heterocycles. The van der Waals surface area contributed by atoms with Crippen molar-refractivity contribution >= 4 is 34.8 Å². The summed E-state index contributed by atoms with van der Waals surface area (Å²) in [5, 5.41) is 6.99. The summed E-state index contributed by atoms with van der Waals surface area (Å²) in [6, 6.07) is 3.27. The molecule has 4 N–H and O–H groups in total. The monoisotopic (exact) mass is 336 g/mol. The average molecular weight is 336 g/mol. The van der Waals surface area contributed by atoms with Crippen LogP contribution in [-0.2, 0) is 0 Å². The van der Waals surface area contributed by atoms with Crippen molar-refractivity contribution in [3.8, 4) is 5.75 Å². The van der Waals surface area contributed by atoms with Crippen molar-refractivity contribution < 1.29 is 9.13 Å². The van der Waals surface area contributed by atoms with Crippen molar-refractivity contribution in [2.45, 2.75) is 0 Å². The van der Waals surface area contributed by atoms with E-state index in [2.05, 4.69) is 10.2 Å². The van der Waals surface area contributed by atoms with Crippen LogP contribution < -0.4 is 16.2 Å². The maximum atomic E-state index is 13.6. The van der Waals surface area contributed by atoms with Gasteiger partial charge >= 0.3 is 0 Å². The number of rotatable bonds is 3. The Hall–Kier alpha value is -1.38. The molecule has 0 aliphatic rings. The summed E-state index contributed by atoms with van der Waals surface area (Å²) in [4.78, 5) is 0. The second-order valence-corrected chi connectivity index (χ2v) is 3.92. The Morgan fingerprint density at radius 1 is 1.50 bits per heavy atom. The van der Waals surface area contributed by atoms with Gasteiger partial charge in [-0.25, -0.2) is 4.39 Å². The Morgan fingerprint density at radius 3 is 2.75 bits per heavy atom. The molecular formula is C9H10FIN4O. The normalized spacial score (nSPS) is 10.4. The quantitative estimate of drug-likeness (QED) is 0.374. The summed E-state index contributed by atoms with van der Waals surface area (Å²) in [5.74, 6) is -0.487. The molecule has 1 rings (SSSR count). The van der Waals surface area contributed by atoms with Gasteiger partial charge in [0.2, 0.25) is 5.96 Å². The third kappa shape index (κ3) is 3.05. The lowest BCUT2D eigenvalue weighted by atomic mass is 10.2. The van der Waals surface area contributed by atoms with Gasteiger partial charge < -0.3 is 16.2 Å². The van der Waals surface area contributed by atoms with E-state index in [1.807, 2.05) is 22.6 Å². The van der Waals surface area contributed by atoms with Crippen LogP contribution in [0.25, 0.3) is 0 Å². The molecule has 0 radical (unpaired) electrons. The van der Waals surface area contributed by atoms with Crippen molar-refractivity contribution in [1.29, 1.82) is 0 Å². The Balaban J connectivity index is 3.10. The SMILES string of the molecule is COc1c(C=NN=C(N)N)ccc(I)c1F. The zero-order chi connectivity index (χ0) is 12.1. The molecule has 86 valence electrons. The highest BCUT2D eigenvalue weighted by atomic mass is 127. The van der Waals surface area contributed by atoms with E-state index in [0.717, 1.165) is 0 Å². The molecule has 0 atom stereocenters. The van der Waals surface area contributed by atoms with Gasteiger partial charge in [-0.2, -0.15) is 5.10 Å². The van der Waals surface area contributed by atoms with E-state index in [4.69, 9.17) is 16.2 Å². The average Bonchev–Trinajstić information content (AvgIpc) is 2.23. The number of methoxy groups -OCH3 is 1. The minimum Gasteiger partial charge on any atom is -0.493 e. The first-order valence-corrected chi connectivity index (χ1v) is 5.28. The van der Waals surface area contributed by atoms with Gasteiger partial charge in [0.15, 0.2) is 11.6 Å². The summed E-state index contributed by atoms with van der Waals surface area (Å²) in [5.41, 5.74) is 10.6. The van der Waals surface area contributed by atoms with Gasteiger partial charge in [0.05, 0.1) is 16.9 Å². The molecule has 0 heterocycles. The van der Waals surface area contributed by atoms with Crippen molar-refractivity contribution in [3.63, 3.8) is 0 Å². The van der Waals surface area contributed by atoms with Crippen LogP contribution >= 0.6 is 22.6 Å².